The van der Waals surface area contributed by atoms with E-state index in [0.29, 0.717) is 12.1 Å². The molecule has 0 bridgehead atoms. The molecule has 0 unspecified atom stereocenters. The van der Waals surface area contributed by atoms with E-state index in [1.165, 1.54) is 24.5 Å². The molecule has 0 aliphatic rings. The Morgan fingerprint density at radius 2 is 1.67 bits per heavy atom. The molecule has 2 aromatic heterocycles. The average Bonchev–Trinajstić information content (AvgIpc) is 3.13. The molecule has 2 heterocycles. The molecular formula is C18H10F6N4O2. The molecule has 12 heteroatoms. The van der Waals surface area contributed by atoms with Gasteiger partial charge in [0.15, 0.2) is 5.82 Å². The Morgan fingerprint density at radius 3 is 2.17 bits per heavy atom. The Morgan fingerprint density at radius 1 is 1.03 bits per heavy atom. The summed E-state index contributed by atoms with van der Waals surface area (Å²) in [5.41, 5.74) is -3.61. The summed E-state index contributed by atoms with van der Waals surface area (Å²) in [7, 11) is 0. The van der Waals surface area contributed by atoms with Crippen LogP contribution in [0.15, 0.2) is 49.1 Å². The van der Waals surface area contributed by atoms with Gasteiger partial charge in [0, 0.05) is 29.7 Å². The van der Waals surface area contributed by atoms with Crippen molar-refractivity contribution < 1.29 is 36.2 Å². The van der Waals surface area contributed by atoms with Crippen LogP contribution in [0, 0.1) is 0 Å². The lowest BCUT2D eigenvalue weighted by molar-refractivity contribution is -0.143. The lowest BCUT2D eigenvalue weighted by atomic mass is 10.0. The first-order valence-corrected chi connectivity index (χ1v) is 8.01. The zero-order chi connectivity index (χ0) is 22.1. The van der Waals surface area contributed by atoms with E-state index >= 15 is 0 Å². The number of carbonyl (C=O) groups is 1. The predicted octanol–water partition coefficient (Wildman–Crippen LogP) is 4.46. The second-order valence-electron chi connectivity index (χ2n) is 5.93. The number of halogens is 6. The summed E-state index contributed by atoms with van der Waals surface area (Å²) in [6.45, 7) is 0. The van der Waals surface area contributed by atoms with Crippen molar-refractivity contribution in [3.8, 4) is 11.4 Å². The molecule has 1 aromatic carbocycles. The number of alkyl halides is 6. The quantitative estimate of drug-likeness (QED) is 0.490. The van der Waals surface area contributed by atoms with Gasteiger partial charge in [-0.1, -0.05) is 6.07 Å². The Bertz CT molecular complexity index is 1070. The fourth-order valence-corrected chi connectivity index (χ4v) is 2.46. The highest BCUT2D eigenvalue weighted by molar-refractivity contribution is 6.19. The molecule has 0 saturated heterocycles. The van der Waals surface area contributed by atoms with Gasteiger partial charge in [-0.25, -0.2) is 14.5 Å². The summed E-state index contributed by atoms with van der Waals surface area (Å²) >= 11 is 0. The molecule has 0 aliphatic carbocycles. The minimum Gasteiger partial charge on any atom is -0.478 e. The van der Waals surface area contributed by atoms with Gasteiger partial charge in [0.05, 0.1) is 16.7 Å². The number of aromatic nitrogens is 4. The fraction of sp³-hybridized carbons (Fsp3) is 0.111. The molecule has 0 radical (unpaired) electrons. The molecule has 1 N–H and O–H groups in total. The molecule has 0 saturated carbocycles. The minimum atomic E-state index is -5.02. The van der Waals surface area contributed by atoms with Gasteiger partial charge < -0.3 is 5.11 Å². The van der Waals surface area contributed by atoms with Crippen LogP contribution in [0.2, 0.25) is 0 Å². The molecular weight excluding hydrogens is 418 g/mol. The maximum absolute atomic E-state index is 13.0. The molecule has 3 rings (SSSR count). The third-order valence-corrected chi connectivity index (χ3v) is 3.82. The Kier molecular flexibility index (Phi) is 5.33. The van der Waals surface area contributed by atoms with Crippen LogP contribution in [0.25, 0.3) is 23.2 Å². The summed E-state index contributed by atoms with van der Waals surface area (Å²) in [5, 5.41) is 13.1. The topological polar surface area (TPSA) is 80.9 Å². The van der Waals surface area contributed by atoms with E-state index in [0.717, 1.165) is 17.2 Å². The predicted molar refractivity (Wildman–Crippen MR) is 91.5 cm³/mol. The minimum absolute atomic E-state index is 0.00860. The van der Waals surface area contributed by atoms with E-state index in [2.05, 4.69) is 15.1 Å². The standard InChI is InChI=1S/C18H10F6N4O2/c19-17(20,21)12-4-11(5-13(6-12)18(22,23)24)15-26-9-28(27-15)8-14(16(29)30)10-2-1-3-25-7-10/h1-9H,(H,29,30). The highest BCUT2D eigenvalue weighted by atomic mass is 19.4. The van der Waals surface area contributed by atoms with Crippen molar-refractivity contribution in [3.05, 3.63) is 65.7 Å². The Balaban J connectivity index is 2.06. The van der Waals surface area contributed by atoms with Crippen LogP contribution in [-0.4, -0.2) is 30.8 Å². The van der Waals surface area contributed by atoms with Crippen LogP contribution in [0.3, 0.4) is 0 Å². The zero-order valence-corrected chi connectivity index (χ0v) is 14.6. The van der Waals surface area contributed by atoms with Crippen molar-refractivity contribution in [2.75, 3.05) is 0 Å². The summed E-state index contributed by atoms with van der Waals surface area (Å²) in [6.07, 6.45) is -5.39. The van der Waals surface area contributed by atoms with Crippen molar-refractivity contribution in [1.29, 1.82) is 0 Å². The highest BCUT2D eigenvalue weighted by Crippen LogP contribution is 2.38. The van der Waals surface area contributed by atoms with E-state index in [-0.39, 0.29) is 17.2 Å². The molecule has 156 valence electrons. The SMILES string of the molecule is O=C(O)C(=Cn1cnc(-c2cc(C(F)(F)F)cc(C(F)(F)F)c2)n1)c1cccnc1. The normalized spacial score (nSPS) is 12.8. The molecule has 0 amide bonds. The van der Waals surface area contributed by atoms with Crippen molar-refractivity contribution >= 4 is 17.7 Å². The van der Waals surface area contributed by atoms with E-state index < -0.39 is 40.8 Å². The monoisotopic (exact) mass is 428 g/mol. The van der Waals surface area contributed by atoms with Crippen molar-refractivity contribution in [2.45, 2.75) is 12.4 Å². The second-order valence-corrected chi connectivity index (χ2v) is 5.93. The van der Waals surface area contributed by atoms with Crippen LogP contribution in [0.1, 0.15) is 16.7 Å². The van der Waals surface area contributed by atoms with E-state index in [1.807, 2.05) is 0 Å². The van der Waals surface area contributed by atoms with Gasteiger partial charge in [0.25, 0.3) is 0 Å². The molecule has 6 nitrogen and oxygen atoms in total. The van der Waals surface area contributed by atoms with Gasteiger partial charge in [-0.2, -0.15) is 26.3 Å². The first-order valence-electron chi connectivity index (χ1n) is 8.01. The van der Waals surface area contributed by atoms with Crippen LogP contribution in [-0.2, 0) is 17.1 Å². The Hall–Kier alpha value is -3.70. The van der Waals surface area contributed by atoms with E-state index in [9.17, 15) is 36.2 Å². The van der Waals surface area contributed by atoms with Crippen LogP contribution >= 0.6 is 0 Å². The molecule has 3 aromatic rings. The summed E-state index contributed by atoms with van der Waals surface area (Å²) in [4.78, 5) is 19.0. The number of benzene rings is 1. The summed E-state index contributed by atoms with van der Waals surface area (Å²) < 4.78 is 78.9. The zero-order valence-electron chi connectivity index (χ0n) is 14.6. The van der Waals surface area contributed by atoms with Crippen LogP contribution in [0.4, 0.5) is 26.3 Å². The fourth-order valence-electron chi connectivity index (χ4n) is 2.46. The smallest absolute Gasteiger partial charge is 0.416 e. The molecule has 30 heavy (non-hydrogen) atoms. The van der Waals surface area contributed by atoms with Crippen molar-refractivity contribution in [3.63, 3.8) is 0 Å². The maximum atomic E-state index is 13.0. The summed E-state index contributed by atoms with van der Waals surface area (Å²) in [5.74, 6) is -1.79. The lowest BCUT2D eigenvalue weighted by Gasteiger charge is -2.13. The van der Waals surface area contributed by atoms with Gasteiger partial charge in [-0.15, -0.1) is 5.10 Å². The third kappa shape index (κ3) is 4.64. The van der Waals surface area contributed by atoms with Crippen LogP contribution in [0.5, 0.6) is 0 Å². The number of nitrogens with zero attached hydrogens (tertiary/aromatic N) is 4. The summed E-state index contributed by atoms with van der Waals surface area (Å²) in [6, 6.07) is 3.90. The van der Waals surface area contributed by atoms with Gasteiger partial charge in [-0.05, 0) is 24.3 Å². The molecule has 0 fully saturated rings. The largest absolute Gasteiger partial charge is 0.478 e. The third-order valence-electron chi connectivity index (χ3n) is 3.82. The van der Waals surface area contributed by atoms with Gasteiger partial charge >= 0.3 is 18.3 Å². The second kappa shape index (κ2) is 7.61. The first kappa shape index (κ1) is 21.0. The maximum Gasteiger partial charge on any atom is 0.416 e. The van der Waals surface area contributed by atoms with Crippen molar-refractivity contribution in [2.24, 2.45) is 0 Å². The average molecular weight is 428 g/mol. The van der Waals surface area contributed by atoms with Gasteiger partial charge in [-0.3, -0.25) is 4.98 Å². The van der Waals surface area contributed by atoms with Crippen molar-refractivity contribution in [1.82, 2.24) is 19.7 Å². The highest BCUT2D eigenvalue weighted by Gasteiger charge is 2.37. The van der Waals surface area contributed by atoms with E-state index in [4.69, 9.17) is 0 Å². The lowest BCUT2D eigenvalue weighted by Crippen LogP contribution is -2.11. The first-order chi connectivity index (χ1) is 13.9. The van der Waals surface area contributed by atoms with Gasteiger partial charge in [0.1, 0.15) is 6.33 Å². The number of carboxylic acids is 1. The van der Waals surface area contributed by atoms with E-state index in [1.54, 1.807) is 0 Å². The number of aliphatic carboxylic acids is 1. The number of carboxylic acid groups (broad SMARTS) is 1. The van der Waals surface area contributed by atoms with Crippen LogP contribution < -0.4 is 0 Å². The number of pyridine rings is 1. The molecule has 0 spiro atoms. The number of hydrogen-bond acceptors (Lipinski definition) is 4. The molecule has 0 aliphatic heterocycles. The Labute approximate surface area is 164 Å². The number of hydrogen-bond donors (Lipinski definition) is 1. The molecule has 0 atom stereocenters. The number of rotatable bonds is 4. The van der Waals surface area contributed by atoms with Gasteiger partial charge in [0.2, 0.25) is 0 Å².